The topological polar surface area (TPSA) is 51.6 Å². The molecule has 4 aliphatic carbocycles. The van der Waals surface area contributed by atoms with Crippen LogP contribution in [0.3, 0.4) is 0 Å². The Balaban J connectivity index is 1.27. The molecule has 5 aliphatic rings. The fourth-order valence-corrected chi connectivity index (χ4v) is 8.58. The molecule has 3 fully saturated rings. The van der Waals surface area contributed by atoms with Crippen molar-refractivity contribution in [2.45, 2.75) is 63.3 Å². The molecule has 2 heterocycles. The minimum atomic E-state index is -0.775. The van der Waals surface area contributed by atoms with Crippen molar-refractivity contribution < 1.29 is 14.6 Å². The van der Waals surface area contributed by atoms with Crippen LogP contribution < -0.4 is 0 Å². The number of aliphatic hydroxyl groups is 1. The predicted octanol–water partition coefficient (Wildman–Crippen LogP) is 6.28. The Kier molecular flexibility index (Phi) is 5.16. The van der Waals surface area contributed by atoms with Gasteiger partial charge in [-0.3, -0.25) is 4.98 Å². The Bertz CT molecular complexity index is 1190. The van der Waals surface area contributed by atoms with Crippen molar-refractivity contribution in [1.82, 2.24) is 4.98 Å². The zero-order valence-corrected chi connectivity index (χ0v) is 21.4. The molecule has 0 unspecified atom stereocenters. The number of allylic oxidation sites excluding steroid dienone is 2. The fourth-order valence-electron chi connectivity index (χ4n) is 8.58. The normalized spacial score (nSPS) is 40.4. The maximum atomic E-state index is 11.5. The van der Waals surface area contributed by atoms with E-state index in [-0.39, 0.29) is 11.2 Å². The number of hydrogen-bond acceptors (Lipinski definition) is 4. The molecule has 36 heavy (non-hydrogen) atoms. The van der Waals surface area contributed by atoms with Crippen LogP contribution in [-0.4, -0.2) is 34.7 Å². The van der Waals surface area contributed by atoms with Crippen LogP contribution in [0.4, 0.5) is 0 Å². The number of fused-ring (bicyclic) bond motifs is 5. The average Bonchev–Trinajstić information content (AvgIpc) is 3.44. The van der Waals surface area contributed by atoms with Crippen molar-refractivity contribution in [1.29, 1.82) is 0 Å². The number of ether oxygens (including phenoxy) is 2. The van der Waals surface area contributed by atoms with Crippen molar-refractivity contribution in [2.24, 2.45) is 29.1 Å². The molecule has 0 bridgehead atoms. The number of hydrogen-bond donors (Lipinski definition) is 1. The summed E-state index contributed by atoms with van der Waals surface area (Å²) in [6.07, 6.45) is 15.8. The molecule has 1 aromatic heterocycles. The highest BCUT2D eigenvalue weighted by atomic mass is 16.7. The summed E-state index contributed by atoms with van der Waals surface area (Å²) in [6.45, 7) is 5.79. The lowest BCUT2D eigenvalue weighted by Gasteiger charge is -2.58. The summed E-state index contributed by atoms with van der Waals surface area (Å²) in [7, 11) is 0. The molecule has 1 saturated heterocycles. The smallest absolute Gasteiger partial charge is 0.172 e. The van der Waals surface area contributed by atoms with Crippen LogP contribution in [-0.2, 0) is 9.47 Å². The Morgan fingerprint density at radius 3 is 2.56 bits per heavy atom. The van der Waals surface area contributed by atoms with Crippen LogP contribution in [0.25, 0.3) is 11.1 Å². The van der Waals surface area contributed by atoms with Gasteiger partial charge in [-0.15, -0.1) is 0 Å². The second kappa shape index (κ2) is 8.11. The molecule has 188 valence electrons. The zero-order chi connectivity index (χ0) is 24.5. The molecule has 1 aromatic carbocycles. The van der Waals surface area contributed by atoms with E-state index in [2.05, 4.69) is 60.5 Å². The van der Waals surface area contributed by atoms with Crippen molar-refractivity contribution in [3.05, 3.63) is 78.2 Å². The van der Waals surface area contributed by atoms with E-state index in [9.17, 15) is 5.11 Å². The Labute approximate surface area is 214 Å². The van der Waals surface area contributed by atoms with Crippen LogP contribution in [0.15, 0.2) is 72.6 Å². The minimum Gasteiger partial charge on any atom is -0.385 e. The Morgan fingerprint density at radius 1 is 1.00 bits per heavy atom. The van der Waals surface area contributed by atoms with E-state index in [1.54, 1.807) is 5.57 Å². The maximum absolute atomic E-state index is 11.5. The van der Waals surface area contributed by atoms with Crippen molar-refractivity contribution in [3.63, 3.8) is 0 Å². The highest BCUT2D eigenvalue weighted by Gasteiger charge is 2.61. The number of rotatable bonds is 2. The summed E-state index contributed by atoms with van der Waals surface area (Å²) in [5.74, 6) is 2.13. The van der Waals surface area contributed by atoms with Crippen LogP contribution in [0.1, 0.15) is 57.4 Å². The van der Waals surface area contributed by atoms with Gasteiger partial charge in [-0.25, -0.2) is 0 Å². The van der Waals surface area contributed by atoms with Gasteiger partial charge >= 0.3 is 0 Å². The van der Waals surface area contributed by atoms with Gasteiger partial charge in [0, 0.05) is 30.7 Å². The standard InChI is InChI=1S/C32H37NO3/c1-30-19-27(22-7-5-21(6-8-22)24-4-3-15-33-20-24)29-25-11-14-32(35-16-17-36-32)18-23(25)9-10-26(29)28(30)12-13-31(30,2)34/h3-9,12-13,15,20,25-29,34H,10-11,14,16-19H2,1-2H3/t25-,26-,27+,28-,29+,30-,31-/m0/s1. The van der Waals surface area contributed by atoms with E-state index in [1.807, 2.05) is 25.4 Å². The van der Waals surface area contributed by atoms with Crippen LogP contribution in [0.2, 0.25) is 0 Å². The molecule has 0 radical (unpaired) electrons. The van der Waals surface area contributed by atoms with E-state index >= 15 is 0 Å². The predicted molar refractivity (Wildman–Crippen MR) is 140 cm³/mol. The maximum Gasteiger partial charge on any atom is 0.172 e. The molecule has 1 aliphatic heterocycles. The van der Waals surface area contributed by atoms with Crippen LogP contribution in [0, 0.1) is 29.1 Å². The zero-order valence-electron chi connectivity index (χ0n) is 21.4. The SMILES string of the molecule is C[C@]1(O)C=C[C@H]2[C@@H]3CC=C4CC5(CC[C@@H]4[C@H]3[C@@H](c3ccc(-c4cccnc4)cc3)C[C@@]21C)OCCO5. The van der Waals surface area contributed by atoms with E-state index in [1.165, 1.54) is 11.1 Å². The fraction of sp³-hybridized carbons (Fsp3) is 0.531. The van der Waals surface area contributed by atoms with Crippen molar-refractivity contribution in [2.75, 3.05) is 13.2 Å². The lowest BCUT2D eigenvalue weighted by molar-refractivity contribution is -0.178. The van der Waals surface area contributed by atoms with Crippen molar-refractivity contribution in [3.8, 4) is 11.1 Å². The molecule has 2 saturated carbocycles. The summed E-state index contributed by atoms with van der Waals surface area (Å²) in [5.41, 5.74) is 4.39. The number of benzene rings is 1. The quantitative estimate of drug-likeness (QED) is 0.511. The van der Waals surface area contributed by atoms with Gasteiger partial charge in [0.15, 0.2) is 5.79 Å². The van der Waals surface area contributed by atoms with E-state index in [0.29, 0.717) is 29.6 Å². The molecule has 7 atom stereocenters. The average molecular weight is 484 g/mol. The third kappa shape index (κ3) is 3.34. The van der Waals surface area contributed by atoms with Gasteiger partial charge in [0.25, 0.3) is 0 Å². The molecule has 7 rings (SSSR count). The van der Waals surface area contributed by atoms with Gasteiger partial charge in [-0.1, -0.05) is 61.1 Å². The first kappa shape index (κ1) is 22.9. The van der Waals surface area contributed by atoms with Crippen molar-refractivity contribution >= 4 is 0 Å². The summed E-state index contributed by atoms with van der Waals surface area (Å²) >= 11 is 0. The first-order valence-electron chi connectivity index (χ1n) is 13.8. The third-order valence-electron chi connectivity index (χ3n) is 10.6. The highest BCUT2D eigenvalue weighted by molar-refractivity contribution is 5.62. The number of aromatic nitrogens is 1. The number of nitrogens with zero attached hydrogens (tertiary/aromatic N) is 1. The first-order chi connectivity index (χ1) is 17.4. The van der Waals surface area contributed by atoms with E-state index in [4.69, 9.17) is 9.47 Å². The summed E-state index contributed by atoms with van der Waals surface area (Å²) < 4.78 is 12.3. The molecule has 4 heteroatoms. The lowest BCUT2D eigenvalue weighted by Crippen LogP contribution is -2.55. The minimum absolute atomic E-state index is 0.153. The second-order valence-electron chi connectivity index (χ2n) is 12.3. The first-order valence-corrected chi connectivity index (χ1v) is 13.8. The highest BCUT2D eigenvalue weighted by Crippen LogP contribution is 2.66. The Morgan fingerprint density at radius 2 is 1.81 bits per heavy atom. The van der Waals surface area contributed by atoms with Gasteiger partial charge in [0.1, 0.15) is 0 Å². The summed E-state index contributed by atoms with van der Waals surface area (Å²) in [4.78, 5) is 4.30. The molecular formula is C32H37NO3. The molecule has 1 N–H and O–H groups in total. The van der Waals surface area contributed by atoms with Crippen LogP contribution in [0.5, 0.6) is 0 Å². The van der Waals surface area contributed by atoms with Gasteiger partial charge in [-0.2, -0.15) is 0 Å². The lowest BCUT2D eigenvalue weighted by atomic mass is 9.47. The molecule has 0 amide bonds. The summed E-state index contributed by atoms with van der Waals surface area (Å²) in [5, 5.41) is 11.5. The molecule has 2 aromatic rings. The van der Waals surface area contributed by atoms with E-state index < -0.39 is 5.60 Å². The summed E-state index contributed by atoms with van der Waals surface area (Å²) in [6, 6.07) is 13.3. The van der Waals surface area contributed by atoms with E-state index in [0.717, 1.165) is 50.9 Å². The van der Waals surface area contributed by atoms with Crippen LogP contribution >= 0.6 is 0 Å². The Hall–Kier alpha value is -2.27. The largest absolute Gasteiger partial charge is 0.385 e. The molecule has 1 spiro atoms. The monoisotopic (exact) mass is 483 g/mol. The molecule has 4 nitrogen and oxygen atoms in total. The van der Waals surface area contributed by atoms with Gasteiger partial charge in [0.2, 0.25) is 0 Å². The third-order valence-corrected chi connectivity index (χ3v) is 10.6. The number of pyridine rings is 1. The van der Waals surface area contributed by atoms with Gasteiger partial charge in [-0.05, 0) is 78.5 Å². The van der Waals surface area contributed by atoms with Gasteiger partial charge in [0.05, 0.1) is 18.8 Å². The second-order valence-corrected chi connectivity index (χ2v) is 12.3. The molecular weight excluding hydrogens is 446 g/mol. The van der Waals surface area contributed by atoms with Gasteiger partial charge < -0.3 is 14.6 Å².